The van der Waals surface area contributed by atoms with Crippen molar-refractivity contribution in [2.45, 2.75) is 6.54 Å². The molecule has 116 valence electrons. The minimum atomic E-state index is -0.444. The Labute approximate surface area is 136 Å². The smallest absolute Gasteiger partial charge is 0.253 e. The highest BCUT2D eigenvalue weighted by atomic mass is 35.5. The van der Waals surface area contributed by atoms with Crippen molar-refractivity contribution in [2.24, 2.45) is 0 Å². The monoisotopic (exact) mass is 331 g/mol. The van der Waals surface area contributed by atoms with Crippen LogP contribution in [0.4, 0.5) is 4.39 Å². The van der Waals surface area contributed by atoms with E-state index in [-0.39, 0.29) is 29.7 Å². The molecule has 0 bridgehead atoms. The van der Waals surface area contributed by atoms with Gasteiger partial charge >= 0.3 is 0 Å². The van der Waals surface area contributed by atoms with Gasteiger partial charge in [-0.3, -0.25) is 4.79 Å². The molecule has 0 saturated heterocycles. The van der Waals surface area contributed by atoms with Gasteiger partial charge in [0.1, 0.15) is 5.82 Å². The number of benzene rings is 2. The summed E-state index contributed by atoms with van der Waals surface area (Å²) in [6.45, 7) is 0.0194. The Morgan fingerprint density at radius 1 is 1.17 bits per heavy atom. The number of nitrogens with zero attached hydrogens (tertiary/aromatic N) is 2. The van der Waals surface area contributed by atoms with Gasteiger partial charge in [-0.05, 0) is 24.3 Å². The molecule has 0 saturated carbocycles. The first-order valence-electron chi connectivity index (χ1n) is 6.75. The zero-order valence-corrected chi connectivity index (χ0v) is 12.5. The number of halogens is 2. The Bertz CT molecular complexity index is 851. The second kappa shape index (κ2) is 6.58. The maximum Gasteiger partial charge on any atom is 0.253 e. The Kier molecular flexibility index (Phi) is 4.34. The molecular weight excluding hydrogens is 321 g/mol. The van der Waals surface area contributed by atoms with Crippen LogP contribution in [0.5, 0.6) is 0 Å². The molecule has 3 rings (SSSR count). The number of amides is 1. The molecule has 3 aromatic rings. The van der Waals surface area contributed by atoms with Gasteiger partial charge in [0.05, 0.1) is 22.7 Å². The van der Waals surface area contributed by atoms with Crippen molar-refractivity contribution in [3.05, 3.63) is 70.8 Å². The third kappa shape index (κ3) is 3.37. The Morgan fingerprint density at radius 3 is 2.70 bits per heavy atom. The van der Waals surface area contributed by atoms with Gasteiger partial charge in [0.15, 0.2) is 0 Å². The summed E-state index contributed by atoms with van der Waals surface area (Å²) in [7, 11) is 0. The first-order chi connectivity index (χ1) is 11.1. The minimum absolute atomic E-state index is 0.0194. The molecule has 0 atom stereocenters. The molecule has 2 aromatic carbocycles. The van der Waals surface area contributed by atoms with Crippen LogP contribution in [0, 0.1) is 5.82 Å². The molecule has 7 heteroatoms. The Morgan fingerprint density at radius 2 is 1.91 bits per heavy atom. The minimum Gasteiger partial charge on any atom is -0.343 e. The van der Waals surface area contributed by atoms with Gasteiger partial charge in [0.2, 0.25) is 11.7 Å². The molecule has 1 heterocycles. The molecule has 0 aliphatic carbocycles. The van der Waals surface area contributed by atoms with E-state index in [9.17, 15) is 9.18 Å². The summed E-state index contributed by atoms with van der Waals surface area (Å²) < 4.78 is 18.7. The third-order valence-electron chi connectivity index (χ3n) is 3.10. The average molecular weight is 332 g/mol. The van der Waals surface area contributed by atoms with Crippen LogP contribution in [0.1, 0.15) is 16.2 Å². The Hall–Kier alpha value is -2.73. The first kappa shape index (κ1) is 15.2. The van der Waals surface area contributed by atoms with E-state index in [1.807, 2.05) is 0 Å². The van der Waals surface area contributed by atoms with E-state index in [4.69, 9.17) is 16.1 Å². The molecule has 5 nitrogen and oxygen atoms in total. The number of aromatic nitrogens is 2. The van der Waals surface area contributed by atoms with E-state index in [0.717, 1.165) is 0 Å². The zero-order chi connectivity index (χ0) is 16.2. The maximum atomic E-state index is 13.7. The number of hydrogen-bond donors (Lipinski definition) is 1. The van der Waals surface area contributed by atoms with Gasteiger partial charge in [-0.1, -0.05) is 41.0 Å². The summed E-state index contributed by atoms with van der Waals surface area (Å²) in [5, 5.41) is 6.68. The summed E-state index contributed by atoms with van der Waals surface area (Å²) in [6.07, 6.45) is 0. The predicted molar refractivity (Wildman–Crippen MR) is 82.3 cm³/mol. The topological polar surface area (TPSA) is 68.0 Å². The van der Waals surface area contributed by atoms with Gasteiger partial charge < -0.3 is 9.84 Å². The van der Waals surface area contributed by atoms with E-state index in [0.29, 0.717) is 10.6 Å². The largest absolute Gasteiger partial charge is 0.343 e. The van der Waals surface area contributed by atoms with Crippen molar-refractivity contribution in [1.29, 1.82) is 0 Å². The van der Waals surface area contributed by atoms with Crippen LogP contribution >= 0.6 is 11.6 Å². The van der Waals surface area contributed by atoms with Crippen LogP contribution in [0.15, 0.2) is 53.1 Å². The molecule has 1 aromatic heterocycles. The highest BCUT2D eigenvalue weighted by Gasteiger charge is 2.14. The van der Waals surface area contributed by atoms with Gasteiger partial charge in [0, 0.05) is 0 Å². The van der Waals surface area contributed by atoms with Crippen molar-refractivity contribution in [3.63, 3.8) is 0 Å². The van der Waals surface area contributed by atoms with Gasteiger partial charge in [-0.15, -0.1) is 0 Å². The lowest BCUT2D eigenvalue weighted by molar-refractivity contribution is 0.0946. The number of carbonyl (C=O) groups excluding carboxylic acids is 1. The first-order valence-corrected chi connectivity index (χ1v) is 7.13. The molecule has 0 unspecified atom stereocenters. The molecule has 1 N–H and O–H groups in total. The zero-order valence-electron chi connectivity index (χ0n) is 11.8. The van der Waals surface area contributed by atoms with E-state index in [2.05, 4.69) is 15.5 Å². The number of rotatable bonds is 4. The lowest BCUT2D eigenvalue weighted by atomic mass is 10.2. The third-order valence-corrected chi connectivity index (χ3v) is 3.43. The molecule has 0 spiro atoms. The number of nitrogens with one attached hydrogen (secondary N) is 1. The van der Waals surface area contributed by atoms with Crippen LogP contribution in [0.25, 0.3) is 11.4 Å². The number of hydrogen-bond acceptors (Lipinski definition) is 4. The average Bonchev–Trinajstić information content (AvgIpc) is 3.02. The summed E-state index contributed by atoms with van der Waals surface area (Å²) >= 11 is 5.95. The molecule has 0 radical (unpaired) electrons. The SMILES string of the molecule is O=C(NCc1nc(-c2ccccc2F)no1)c1ccccc1Cl. The highest BCUT2D eigenvalue weighted by molar-refractivity contribution is 6.33. The molecule has 23 heavy (non-hydrogen) atoms. The maximum absolute atomic E-state index is 13.7. The fourth-order valence-corrected chi connectivity index (χ4v) is 2.20. The van der Waals surface area contributed by atoms with E-state index < -0.39 is 5.82 Å². The van der Waals surface area contributed by atoms with E-state index in [1.165, 1.54) is 6.07 Å². The van der Waals surface area contributed by atoms with Crippen LogP contribution in [-0.4, -0.2) is 16.0 Å². The fourth-order valence-electron chi connectivity index (χ4n) is 1.98. The molecule has 0 fully saturated rings. The summed E-state index contributed by atoms with van der Waals surface area (Å²) in [5.74, 6) is -0.505. The van der Waals surface area contributed by atoms with Crippen LogP contribution in [-0.2, 0) is 6.54 Å². The van der Waals surface area contributed by atoms with Crippen molar-refractivity contribution in [3.8, 4) is 11.4 Å². The van der Waals surface area contributed by atoms with Crippen molar-refractivity contribution < 1.29 is 13.7 Å². The molecule has 0 aliphatic heterocycles. The quantitative estimate of drug-likeness (QED) is 0.795. The van der Waals surface area contributed by atoms with Crippen LogP contribution in [0.3, 0.4) is 0 Å². The highest BCUT2D eigenvalue weighted by Crippen LogP contribution is 2.19. The molecule has 1 amide bonds. The summed E-state index contributed by atoms with van der Waals surface area (Å²) in [6, 6.07) is 12.8. The summed E-state index contributed by atoms with van der Waals surface area (Å²) in [5.41, 5.74) is 0.586. The standard InChI is InChI=1S/C16H11ClFN3O2/c17-12-7-3-1-5-10(12)16(22)19-9-14-20-15(21-23-14)11-6-2-4-8-13(11)18/h1-8H,9H2,(H,19,22). The van der Waals surface area contributed by atoms with Gasteiger partial charge in [-0.25, -0.2) is 4.39 Å². The Balaban J connectivity index is 1.70. The van der Waals surface area contributed by atoms with Crippen molar-refractivity contribution in [1.82, 2.24) is 15.5 Å². The summed E-state index contributed by atoms with van der Waals surface area (Å²) in [4.78, 5) is 16.1. The predicted octanol–water partition coefficient (Wildman–Crippen LogP) is 3.46. The second-order valence-corrected chi connectivity index (χ2v) is 5.06. The van der Waals surface area contributed by atoms with E-state index in [1.54, 1.807) is 42.5 Å². The fraction of sp³-hybridized carbons (Fsp3) is 0.0625. The number of carbonyl (C=O) groups is 1. The second-order valence-electron chi connectivity index (χ2n) is 4.65. The van der Waals surface area contributed by atoms with Gasteiger partial charge in [0.25, 0.3) is 5.91 Å². The lowest BCUT2D eigenvalue weighted by Gasteiger charge is -2.03. The van der Waals surface area contributed by atoms with Crippen molar-refractivity contribution >= 4 is 17.5 Å². The lowest BCUT2D eigenvalue weighted by Crippen LogP contribution is -2.23. The van der Waals surface area contributed by atoms with Crippen molar-refractivity contribution in [2.75, 3.05) is 0 Å². The normalized spacial score (nSPS) is 10.5. The van der Waals surface area contributed by atoms with Crippen LogP contribution < -0.4 is 5.32 Å². The molecular formula is C16H11ClFN3O2. The van der Waals surface area contributed by atoms with Gasteiger partial charge in [-0.2, -0.15) is 4.98 Å². The van der Waals surface area contributed by atoms with E-state index >= 15 is 0 Å². The molecule has 0 aliphatic rings. The van der Waals surface area contributed by atoms with Crippen LogP contribution in [0.2, 0.25) is 5.02 Å².